The molecule has 2 aromatic rings. The zero-order chi connectivity index (χ0) is 18.6. The van der Waals surface area contributed by atoms with Gasteiger partial charge in [0.15, 0.2) is 9.84 Å². The smallest absolute Gasteiger partial charge is 0.255 e. The van der Waals surface area contributed by atoms with Crippen LogP contribution < -0.4 is 10.1 Å². The summed E-state index contributed by atoms with van der Waals surface area (Å²) in [6, 6.07) is 11.5. The molecule has 0 saturated heterocycles. The predicted octanol–water partition coefficient (Wildman–Crippen LogP) is 3.92. The average Bonchev–Trinajstić information content (AvgIpc) is 2.48. The van der Waals surface area contributed by atoms with Gasteiger partial charge < -0.3 is 10.1 Å². The molecule has 2 aromatic carbocycles. The number of halogens is 1. The number of anilines is 1. The van der Waals surface area contributed by atoms with E-state index in [1.165, 1.54) is 6.26 Å². The Morgan fingerprint density at radius 1 is 1.16 bits per heavy atom. The number of carbonyl (C=O) groups is 1. The number of rotatable bonds is 6. The van der Waals surface area contributed by atoms with Crippen LogP contribution in [-0.2, 0) is 15.6 Å². The predicted molar refractivity (Wildman–Crippen MR) is 100 cm³/mol. The second-order valence-electron chi connectivity index (χ2n) is 6.03. The van der Waals surface area contributed by atoms with Gasteiger partial charge in [-0.1, -0.05) is 23.7 Å². The maximum atomic E-state index is 12.3. The number of ether oxygens (including phenoxy) is 1. The van der Waals surface area contributed by atoms with E-state index in [-0.39, 0.29) is 17.8 Å². The highest BCUT2D eigenvalue weighted by molar-refractivity contribution is 7.89. The Bertz CT molecular complexity index is 861. The zero-order valence-electron chi connectivity index (χ0n) is 14.2. The minimum absolute atomic E-state index is 0.00314. The lowest BCUT2D eigenvalue weighted by Gasteiger charge is -2.13. The Labute approximate surface area is 152 Å². The van der Waals surface area contributed by atoms with E-state index in [0.29, 0.717) is 27.6 Å². The van der Waals surface area contributed by atoms with Gasteiger partial charge >= 0.3 is 0 Å². The van der Waals surface area contributed by atoms with E-state index in [9.17, 15) is 13.2 Å². The molecule has 7 heteroatoms. The molecule has 0 bridgehead atoms. The van der Waals surface area contributed by atoms with Crippen molar-refractivity contribution < 1.29 is 17.9 Å². The Morgan fingerprint density at radius 2 is 1.80 bits per heavy atom. The Balaban J connectivity index is 2.08. The fraction of sp³-hybridized carbons (Fsp3) is 0.278. The van der Waals surface area contributed by atoms with Crippen LogP contribution in [-0.4, -0.2) is 26.7 Å². The molecule has 0 fully saturated rings. The molecule has 0 spiro atoms. The van der Waals surface area contributed by atoms with Gasteiger partial charge in [0, 0.05) is 17.5 Å². The lowest BCUT2D eigenvalue weighted by Crippen LogP contribution is -2.12. The largest absolute Gasteiger partial charge is 0.489 e. The van der Waals surface area contributed by atoms with E-state index in [0.717, 1.165) is 0 Å². The van der Waals surface area contributed by atoms with Crippen molar-refractivity contribution in [3.05, 3.63) is 58.6 Å². The molecule has 0 aliphatic carbocycles. The van der Waals surface area contributed by atoms with Gasteiger partial charge in [-0.05, 0) is 49.7 Å². The topological polar surface area (TPSA) is 72.5 Å². The number of carbonyl (C=O) groups excluding carboxylic acids is 1. The summed E-state index contributed by atoms with van der Waals surface area (Å²) in [6.45, 7) is 3.80. The number of nitrogens with one attached hydrogen (secondary N) is 1. The lowest BCUT2D eigenvalue weighted by molar-refractivity contribution is 0.102. The highest BCUT2D eigenvalue weighted by Gasteiger charge is 2.10. The zero-order valence-corrected chi connectivity index (χ0v) is 15.8. The van der Waals surface area contributed by atoms with Crippen molar-refractivity contribution in [3.63, 3.8) is 0 Å². The number of benzene rings is 2. The Morgan fingerprint density at radius 3 is 2.32 bits per heavy atom. The first kappa shape index (κ1) is 19.3. The van der Waals surface area contributed by atoms with Crippen molar-refractivity contribution >= 4 is 33.0 Å². The number of sulfone groups is 1. The fourth-order valence-corrected chi connectivity index (χ4v) is 3.21. The molecule has 0 aliphatic rings. The molecular weight excluding hydrogens is 362 g/mol. The molecule has 0 aromatic heterocycles. The highest BCUT2D eigenvalue weighted by atomic mass is 35.5. The molecular formula is C18H20ClNO4S. The number of hydrogen-bond acceptors (Lipinski definition) is 4. The Kier molecular flexibility index (Phi) is 6.08. The van der Waals surface area contributed by atoms with Crippen molar-refractivity contribution in [1.29, 1.82) is 0 Å². The highest BCUT2D eigenvalue weighted by Crippen LogP contribution is 2.28. The standard InChI is InChI=1S/C18H20ClNO4S/c1-12(2)24-17-9-8-15(10-16(17)19)20-18(21)14-6-4-13(5-7-14)11-25(3,22)23/h4-10,12H,11H2,1-3H3,(H,20,21). The molecule has 1 amide bonds. The third-order valence-corrected chi connectivity index (χ3v) is 4.35. The van der Waals surface area contributed by atoms with Crippen LogP contribution in [0.3, 0.4) is 0 Å². The first-order chi connectivity index (χ1) is 11.6. The molecule has 1 N–H and O–H groups in total. The second kappa shape index (κ2) is 7.89. The molecule has 2 rings (SSSR count). The molecule has 0 atom stereocenters. The first-order valence-corrected chi connectivity index (χ1v) is 10.1. The molecule has 0 radical (unpaired) electrons. The minimum atomic E-state index is -3.10. The van der Waals surface area contributed by atoms with Gasteiger partial charge in [-0.3, -0.25) is 4.79 Å². The van der Waals surface area contributed by atoms with Gasteiger partial charge in [0.25, 0.3) is 5.91 Å². The van der Waals surface area contributed by atoms with E-state index in [1.54, 1.807) is 42.5 Å². The number of hydrogen-bond donors (Lipinski definition) is 1. The van der Waals surface area contributed by atoms with Crippen molar-refractivity contribution in [2.45, 2.75) is 25.7 Å². The van der Waals surface area contributed by atoms with Gasteiger partial charge in [0.2, 0.25) is 0 Å². The lowest BCUT2D eigenvalue weighted by atomic mass is 10.1. The fourth-order valence-electron chi connectivity index (χ4n) is 2.19. The third-order valence-electron chi connectivity index (χ3n) is 3.20. The molecule has 5 nitrogen and oxygen atoms in total. The summed E-state index contributed by atoms with van der Waals surface area (Å²) in [5.41, 5.74) is 1.61. The van der Waals surface area contributed by atoms with Crippen LogP contribution in [0.1, 0.15) is 29.8 Å². The van der Waals surface area contributed by atoms with Crippen LogP contribution in [0.2, 0.25) is 5.02 Å². The van der Waals surface area contributed by atoms with Crippen molar-refractivity contribution in [2.24, 2.45) is 0 Å². The first-order valence-electron chi connectivity index (χ1n) is 7.68. The van der Waals surface area contributed by atoms with E-state index < -0.39 is 9.84 Å². The van der Waals surface area contributed by atoms with Crippen LogP contribution >= 0.6 is 11.6 Å². The van der Waals surface area contributed by atoms with E-state index >= 15 is 0 Å². The van der Waals surface area contributed by atoms with Crippen LogP contribution in [0.25, 0.3) is 0 Å². The summed E-state index contributed by atoms with van der Waals surface area (Å²) in [7, 11) is -3.10. The van der Waals surface area contributed by atoms with E-state index in [4.69, 9.17) is 16.3 Å². The minimum Gasteiger partial charge on any atom is -0.489 e. The summed E-state index contributed by atoms with van der Waals surface area (Å²) in [6.07, 6.45) is 1.17. The van der Waals surface area contributed by atoms with Gasteiger partial charge in [0.1, 0.15) is 5.75 Å². The van der Waals surface area contributed by atoms with E-state index in [2.05, 4.69) is 5.32 Å². The van der Waals surface area contributed by atoms with Crippen molar-refractivity contribution in [2.75, 3.05) is 11.6 Å². The molecule has 0 saturated carbocycles. The van der Waals surface area contributed by atoms with Crippen LogP contribution in [0, 0.1) is 0 Å². The Hall–Kier alpha value is -2.05. The van der Waals surface area contributed by atoms with Crippen molar-refractivity contribution in [3.8, 4) is 5.75 Å². The molecule has 25 heavy (non-hydrogen) atoms. The third kappa shape index (κ3) is 6.07. The normalized spacial score (nSPS) is 11.4. The number of amides is 1. The van der Waals surface area contributed by atoms with Crippen molar-refractivity contribution in [1.82, 2.24) is 0 Å². The van der Waals surface area contributed by atoms with Gasteiger partial charge in [-0.15, -0.1) is 0 Å². The SMILES string of the molecule is CC(C)Oc1ccc(NC(=O)c2ccc(CS(C)(=O)=O)cc2)cc1Cl. The summed E-state index contributed by atoms with van der Waals surface area (Å²) in [5, 5.41) is 3.16. The molecule has 134 valence electrons. The summed E-state index contributed by atoms with van der Waals surface area (Å²) >= 11 is 6.15. The summed E-state index contributed by atoms with van der Waals surface area (Å²) < 4.78 is 28.1. The van der Waals surface area contributed by atoms with Crippen LogP contribution in [0.4, 0.5) is 5.69 Å². The van der Waals surface area contributed by atoms with Crippen LogP contribution in [0.5, 0.6) is 5.75 Å². The maximum Gasteiger partial charge on any atom is 0.255 e. The average molecular weight is 382 g/mol. The van der Waals surface area contributed by atoms with Gasteiger partial charge in [-0.25, -0.2) is 8.42 Å². The summed E-state index contributed by atoms with van der Waals surface area (Å²) in [4.78, 5) is 12.3. The van der Waals surface area contributed by atoms with Crippen LogP contribution in [0.15, 0.2) is 42.5 Å². The monoisotopic (exact) mass is 381 g/mol. The van der Waals surface area contributed by atoms with Gasteiger partial charge in [-0.2, -0.15) is 0 Å². The van der Waals surface area contributed by atoms with Gasteiger partial charge in [0.05, 0.1) is 16.9 Å². The van der Waals surface area contributed by atoms with E-state index in [1.807, 2.05) is 13.8 Å². The second-order valence-corrected chi connectivity index (χ2v) is 8.58. The molecule has 0 heterocycles. The summed E-state index contributed by atoms with van der Waals surface area (Å²) in [5.74, 6) is 0.196. The molecule has 0 unspecified atom stereocenters. The quantitative estimate of drug-likeness (QED) is 0.822. The maximum absolute atomic E-state index is 12.3. The molecule has 0 aliphatic heterocycles.